The van der Waals surface area contributed by atoms with Crippen LogP contribution in [0.15, 0.2) is 39.5 Å². The predicted molar refractivity (Wildman–Crippen MR) is 67.1 cm³/mol. The Morgan fingerprint density at radius 1 is 1.31 bits per heavy atom. The van der Waals surface area contributed by atoms with Gasteiger partial charge in [0.25, 0.3) is 0 Å². The normalized spacial score (nSPS) is 12.7. The van der Waals surface area contributed by atoms with Gasteiger partial charge in [-0.05, 0) is 50.6 Å². The highest BCUT2D eigenvalue weighted by Crippen LogP contribution is 2.27. The standard InChI is InChI=1S/C12H10BrFOS/c13-12-6-9(7-16-12)11(15)5-8-1-3-10(14)4-2-8/h1-4,6-7,11,15H,5H2. The molecule has 0 radical (unpaired) electrons. The molecule has 0 aliphatic heterocycles. The monoisotopic (exact) mass is 300 g/mol. The largest absolute Gasteiger partial charge is 0.388 e. The van der Waals surface area contributed by atoms with Crippen LogP contribution in [0.4, 0.5) is 4.39 Å². The van der Waals surface area contributed by atoms with Gasteiger partial charge in [-0.1, -0.05) is 12.1 Å². The van der Waals surface area contributed by atoms with Crippen LogP contribution in [-0.4, -0.2) is 5.11 Å². The first kappa shape index (κ1) is 11.8. The highest BCUT2D eigenvalue weighted by molar-refractivity contribution is 9.11. The molecule has 1 N–H and O–H groups in total. The van der Waals surface area contributed by atoms with Crippen molar-refractivity contribution in [3.8, 4) is 0 Å². The van der Waals surface area contributed by atoms with Gasteiger partial charge < -0.3 is 5.11 Å². The van der Waals surface area contributed by atoms with Gasteiger partial charge in [0.05, 0.1) is 9.89 Å². The molecule has 1 heterocycles. The minimum absolute atomic E-state index is 0.253. The molecule has 1 unspecified atom stereocenters. The van der Waals surface area contributed by atoms with Crippen LogP contribution in [0.1, 0.15) is 17.2 Å². The summed E-state index contributed by atoms with van der Waals surface area (Å²) in [5.41, 5.74) is 1.82. The molecule has 0 saturated carbocycles. The van der Waals surface area contributed by atoms with Gasteiger partial charge in [-0.2, -0.15) is 0 Å². The first-order valence-corrected chi connectivity index (χ1v) is 6.49. The van der Waals surface area contributed by atoms with E-state index in [0.717, 1.165) is 14.9 Å². The van der Waals surface area contributed by atoms with E-state index in [1.165, 1.54) is 12.1 Å². The fourth-order valence-corrected chi connectivity index (χ4v) is 2.68. The highest BCUT2D eigenvalue weighted by Gasteiger charge is 2.10. The van der Waals surface area contributed by atoms with Gasteiger partial charge in [0.1, 0.15) is 5.82 Å². The third-order valence-corrected chi connectivity index (χ3v) is 3.84. The van der Waals surface area contributed by atoms with Gasteiger partial charge >= 0.3 is 0 Å². The SMILES string of the molecule is OC(Cc1ccc(F)cc1)c1csc(Br)c1. The summed E-state index contributed by atoms with van der Waals surface area (Å²) in [5, 5.41) is 11.9. The molecule has 1 nitrogen and oxygen atoms in total. The number of rotatable bonds is 3. The van der Waals surface area contributed by atoms with Crippen LogP contribution in [0.25, 0.3) is 0 Å². The molecule has 1 atom stereocenters. The van der Waals surface area contributed by atoms with E-state index in [-0.39, 0.29) is 5.82 Å². The molecule has 0 saturated heterocycles. The van der Waals surface area contributed by atoms with E-state index >= 15 is 0 Å². The second-order valence-corrected chi connectivity index (χ2v) is 5.82. The number of halogens is 2. The zero-order valence-corrected chi connectivity index (χ0v) is 10.8. The maximum Gasteiger partial charge on any atom is 0.123 e. The first-order chi connectivity index (χ1) is 7.65. The van der Waals surface area contributed by atoms with E-state index in [0.29, 0.717) is 6.42 Å². The molecule has 0 amide bonds. The summed E-state index contributed by atoms with van der Waals surface area (Å²) in [6.07, 6.45) is -0.0308. The van der Waals surface area contributed by atoms with E-state index in [1.54, 1.807) is 23.5 Å². The minimum Gasteiger partial charge on any atom is -0.388 e. The number of thiophene rings is 1. The Bertz CT molecular complexity index is 466. The fourth-order valence-electron chi connectivity index (χ4n) is 1.46. The van der Waals surface area contributed by atoms with Crippen molar-refractivity contribution in [2.45, 2.75) is 12.5 Å². The Balaban J connectivity index is 2.07. The van der Waals surface area contributed by atoms with Crippen molar-refractivity contribution in [2.24, 2.45) is 0 Å². The molecule has 2 aromatic rings. The first-order valence-electron chi connectivity index (χ1n) is 4.81. The Kier molecular flexibility index (Phi) is 3.74. The fraction of sp³-hybridized carbons (Fsp3) is 0.167. The van der Waals surface area contributed by atoms with Gasteiger partial charge in [0.2, 0.25) is 0 Å². The number of benzene rings is 1. The third kappa shape index (κ3) is 2.90. The van der Waals surface area contributed by atoms with E-state index in [9.17, 15) is 9.50 Å². The van der Waals surface area contributed by atoms with Gasteiger partial charge in [0.15, 0.2) is 0 Å². The Labute approximate surface area is 106 Å². The summed E-state index contributed by atoms with van der Waals surface area (Å²) in [6, 6.07) is 8.11. The molecular formula is C12H10BrFOS. The molecule has 0 aliphatic carbocycles. The zero-order valence-electron chi connectivity index (χ0n) is 8.36. The molecule has 2 rings (SSSR count). The van der Waals surface area contributed by atoms with Crippen LogP contribution in [-0.2, 0) is 6.42 Å². The average Bonchev–Trinajstić information content (AvgIpc) is 2.68. The lowest BCUT2D eigenvalue weighted by Crippen LogP contribution is -2.00. The highest BCUT2D eigenvalue weighted by atomic mass is 79.9. The summed E-state index contributed by atoms with van der Waals surface area (Å²) in [5.74, 6) is -0.253. The summed E-state index contributed by atoms with van der Waals surface area (Å²) < 4.78 is 13.7. The quantitative estimate of drug-likeness (QED) is 0.911. The van der Waals surface area contributed by atoms with Gasteiger partial charge in [-0.15, -0.1) is 11.3 Å². The summed E-state index contributed by atoms with van der Waals surface area (Å²) in [4.78, 5) is 0. The lowest BCUT2D eigenvalue weighted by Gasteiger charge is -2.08. The Morgan fingerprint density at radius 2 is 2.00 bits per heavy atom. The van der Waals surface area contributed by atoms with E-state index in [4.69, 9.17) is 0 Å². The second-order valence-electron chi connectivity index (χ2n) is 3.53. The van der Waals surface area contributed by atoms with Gasteiger partial charge in [-0.25, -0.2) is 4.39 Å². The van der Waals surface area contributed by atoms with Crippen LogP contribution in [0.2, 0.25) is 0 Å². The third-order valence-electron chi connectivity index (χ3n) is 2.31. The van der Waals surface area contributed by atoms with Gasteiger partial charge in [-0.3, -0.25) is 0 Å². The van der Waals surface area contributed by atoms with E-state index in [2.05, 4.69) is 15.9 Å². The number of hydrogen-bond donors (Lipinski definition) is 1. The van der Waals surface area contributed by atoms with Crippen molar-refractivity contribution in [3.63, 3.8) is 0 Å². The van der Waals surface area contributed by atoms with Crippen molar-refractivity contribution in [2.75, 3.05) is 0 Å². The van der Waals surface area contributed by atoms with Gasteiger partial charge in [0, 0.05) is 6.42 Å². The molecule has 0 aliphatic rings. The topological polar surface area (TPSA) is 20.2 Å². The van der Waals surface area contributed by atoms with Crippen LogP contribution >= 0.6 is 27.3 Å². The van der Waals surface area contributed by atoms with Crippen molar-refractivity contribution in [1.29, 1.82) is 0 Å². The number of aliphatic hydroxyl groups excluding tert-OH is 1. The van der Waals surface area contributed by atoms with Crippen LogP contribution in [0.3, 0.4) is 0 Å². The molecule has 1 aromatic carbocycles. The lowest BCUT2D eigenvalue weighted by atomic mass is 10.0. The van der Waals surface area contributed by atoms with Crippen LogP contribution in [0, 0.1) is 5.82 Å². The molecule has 16 heavy (non-hydrogen) atoms. The van der Waals surface area contributed by atoms with Crippen molar-refractivity contribution >= 4 is 27.3 Å². The van der Waals surface area contributed by atoms with E-state index in [1.807, 2.05) is 11.4 Å². The van der Waals surface area contributed by atoms with Crippen molar-refractivity contribution in [3.05, 3.63) is 56.4 Å². The Morgan fingerprint density at radius 3 is 2.56 bits per heavy atom. The van der Waals surface area contributed by atoms with Crippen LogP contribution < -0.4 is 0 Å². The molecule has 4 heteroatoms. The average molecular weight is 301 g/mol. The molecule has 1 aromatic heterocycles. The molecule has 0 bridgehead atoms. The summed E-state index contributed by atoms with van der Waals surface area (Å²) in [6.45, 7) is 0. The van der Waals surface area contributed by atoms with E-state index < -0.39 is 6.10 Å². The molecule has 0 spiro atoms. The molecule has 0 fully saturated rings. The lowest BCUT2D eigenvalue weighted by molar-refractivity contribution is 0.179. The minimum atomic E-state index is -0.534. The second kappa shape index (κ2) is 5.08. The van der Waals surface area contributed by atoms with Crippen LogP contribution in [0.5, 0.6) is 0 Å². The molecular weight excluding hydrogens is 291 g/mol. The summed E-state index contributed by atoms with van der Waals surface area (Å²) in [7, 11) is 0. The van der Waals surface area contributed by atoms with Crippen molar-refractivity contribution in [1.82, 2.24) is 0 Å². The Hall–Kier alpha value is -0.710. The smallest absolute Gasteiger partial charge is 0.123 e. The predicted octanol–water partition coefficient (Wildman–Crippen LogP) is 3.93. The number of hydrogen-bond acceptors (Lipinski definition) is 2. The maximum atomic E-state index is 12.7. The zero-order chi connectivity index (χ0) is 11.5. The molecule has 84 valence electrons. The summed E-state index contributed by atoms with van der Waals surface area (Å²) >= 11 is 4.90. The number of aliphatic hydroxyl groups is 1. The van der Waals surface area contributed by atoms with Crippen molar-refractivity contribution < 1.29 is 9.50 Å². The maximum absolute atomic E-state index is 12.7.